The molecule has 2 rings (SSSR count). The highest BCUT2D eigenvalue weighted by Gasteiger charge is 2.08. The van der Waals surface area contributed by atoms with Gasteiger partial charge >= 0.3 is 0 Å². The van der Waals surface area contributed by atoms with E-state index in [2.05, 4.69) is 9.97 Å². The number of ether oxygens (including phenoxy) is 1. The van der Waals surface area contributed by atoms with Crippen LogP contribution in [0.1, 0.15) is 0 Å². The Morgan fingerprint density at radius 3 is 2.33 bits per heavy atom. The largest absolute Gasteiger partial charge is 0.480 e. The number of benzene rings is 1. The predicted molar refractivity (Wildman–Crippen MR) is 67.1 cm³/mol. The summed E-state index contributed by atoms with van der Waals surface area (Å²) in [5.74, 6) is 0.416. The van der Waals surface area contributed by atoms with E-state index in [-0.39, 0.29) is 4.90 Å². The second kappa shape index (κ2) is 4.73. The summed E-state index contributed by atoms with van der Waals surface area (Å²) < 4.78 is 27.7. The first kappa shape index (κ1) is 12.5. The second-order valence-corrected chi connectivity index (χ2v) is 5.76. The zero-order valence-corrected chi connectivity index (χ0v) is 10.8. The SMILES string of the molecule is COc1cncc(-c2ccc(S(C)(=O)=O)cc2)n1. The van der Waals surface area contributed by atoms with Crippen LogP contribution in [0.3, 0.4) is 0 Å². The average molecular weight is 264 g/mol. The maximum Gasteiger partial charge on any atom is 0.232 e. The third-order valence-electron chi connectivity index (χ3n) is 2.40. The maximum atomic E-state index is 11.3. The second-order valence-electron chi connectivity index (χ2n) is 3.74. The van der Waals surface area contributed by atoms with Gasteiger partial charge in [0, 0.05) is 11.8 Å². The van der Waals surface area contributed by atoms with E-state index in [1.165, 1.54) is 19.6 Å². The summed E-state index contributed by atoms with van der Waals surface area (Å²) in [6.45, 7) is 0. The predicted octanol–water partition coefficient (Wildman–Crippen LogP) is 1.56. The van der Waals surface area contributed by atoms with Crippen LogP contribution >= 0.6 is 0 Å². The minimum absolute atomic E-state index is 0.280. The highest BCUT2D eigenvalue weighted by molar-refractivity contribution is 7.90. The number of rotatable bonds is 3. The first-order valence-corrected chi connectivity index (χ1v) is 7.06. The summed E-state index contributed by atoms with van der Waals surface area (Å²) in [6, 6.07) is 6.48. The van der Waals surface area contributed by atoms with Crippen molar-refractivity contribution in [2.24, 2.45) is 0 Å². The summed E-state index contributed by atoms with van der Waals surface area (Å²) in [7, 11) is -1.66. The third-order valence-corrected chi connectivity index (χ3v) is 3.53. The van der Waals surface area contributed by atoms with E-state index in [0.29, 0.717) is 11.6 Å². The molecule has 2 aromatic rings. The molecule has 0 fully saturated rings. The first-order chi connectivity index (χ1) is 8.50. The number of methoxy groups -OCH3 is 1. The van der Waals surface area contributed by atoms with Crippen molar-refractivity contribution in [1.82, 2.24) is 9.97 Å². The van der Waals surface area contributed by atoms with Gasteiger partial charge in [0.05, 0.1) is 30.1 Å². The van der Waals surface area contributed by atoms with Crippen LogP contribution in [0.4, 0.5) is 0 Å². The lowest BCUT2D eigenvalue weighted by Crippen LogP contribution is -1.97. The Kier molecular flexibility index (Phi) is 3.29. The van der Waals surface area contributed by atoms with Gasteiger partial charge < -0.3 is 4.74 Å². The fraction of sp³-hybridized carbons (Fsp3) is 0.167. The molecule has 0 N–H and O–H groups in total. The number of hydrogen-bond acceptors (Lipinski definition) is 5. The number of hydrogen-bond donors (Lipinski definition) is 0. The van der Waals surface area contributed by atoms with Crippen molar-refractivity contribution in [2.45, 2.75) is 4.90 Å². The van der Waals surface area contributed by atoms with Crippen LogP contribution in [0.5, 0.6) is 5.88 Å². The van der Waals surface area contributed by atoms with Gasteiger partial charge in [-0.3, -0.25) is 4.98 Å². The van der Waals surface area contributed by atoms with Gasteiger partial charge in [0.2, 0.25) is 5.88 Å². The molecule has 1 aromatic carbocycles. The van der Waals surface area contributed by atoms with Gasteiger partial charge in [-0.25, -0.2) is 13.4 Å². The van der Waals surface area contributed by atoms with Gasteiger partial charge in [-0.2, -0.15) is 0 Å². The van der Waals surface area contributed by atoms with Gasteiger partial charge in [0.25, 0.3) is 0 Å². The quantitative estimate of drug-likeness (QED) is 0.841. The molecule has 94 valence electrons. The van der Waals surface area contributed by atoms with Crippen LogP contribution in [0.25, 0.3) is 11.3 Å². The zero-order chi connectivity index (χ0) is 13.2. The highest BCUT2D eigenvalue weighted by Crippen LogP contribution is 2.20. The fourth-order valence-electron chi connectivity index (χ4n) is 1.46. The molecule has 0 saturated heterocycles. The molecular weight excluding hydrogens is 252 g/mol. The van der Waals surface area contributed by atoms with Crippen molar-refractivity contribution in [3.8, 4) is 17.1 Å². The van der Waals surface area contributed by atoms with Crippen LogP contribution in [-0.2, 0) is 9.84 Å². The van der Waals surface area contributed by atoms with Crippen molar-refractivity contribution in [3.63, 3.8) is 0 Å². The molecule has 0 aliphatic carbocycles. The van der Waals surface area contributed by atoms with Gasteiger partial charge in [0.1, 0.15) is 0 Å². The lowest BCUT2D eigenvalue weighted by molar-refractivity contribution is 0.396. The molecule has 18 heavy (non-hydrogen) atoms. The maximum absolute atomic E-state index is 11.3. The summed E-state index contributed by atoms with van der Waals surface area (Å²) in [5.41, 5.74) is 1.42. The van der Waals surface area contributed by atoms with E-state index < -0.39 is 9.84 Å². The Balaban J connectivity index is 2.40. The van der Waals surface area contributed by atoms with Gasteiger partial charge in [-0.15, -0.1) is 0 Å². The van der Waals surface area contributed by atoms with Gasteiger partial charge in [-0.05, 0) is 12.1 Å². The van der Waals surface area contributed by atoms with E-state index in [9.17, 15) is 8.42 Å². The van der Waals surface area contributed by atoms with Crippen molar-refractivity contribution in [2.75, 3.05) is 13.4 Å². The van der Waals surface area contributed by atoms with Gasteiger partial charge in [0.15, 0.2) is 9.84 Å². The fourth-order valence-corrected chi connectivity index (χ4v) is 2.09. The van der Waals surface area contributed by atoms with Crippen LogP contribution < -0.4 is 4.74 Å². The summed E-state index contributed by atoms with van der Waals surface area (Å²) in [4.78, 5) is 8.50. The average Bonchev–Trinajstić information content (AvgIpc) is 2.38. The Morgan fingerprint density at radius 1 is 1.11 bits per heavy atom. The molecule has 0 aliphatic rings. The third kappa shape index (κ3) is 2.65. The van der Waals surface area contributed by atoms with E-state index in [4.69, 9.17) is 4.74 Å². The number of nitrogens with zero attached hydrogens (tertiary/aromatic N) is 2. The highest BCUT2D eigenvalue weighted by atomic mass is 32.2. The monoisotopic (exact) mass is 264 g/mol. The standard InChI is InChI=1S/C12H12N2O3S/c1-17-12-8-13-7-11(14-12)9-3-5-10(6-4-9)18(2,15)16/h3-8H,1-2H3. The van der Waals surface area contributed by atoms with E-state index in [1.807, 2.05) is 0 Å². The zero-order valence-electron chi connectivity index (χ0n) is 9.99. The molecule has 0 saturated carbocycles. The van der Waals surface area contributed by atoms with E-state index in [1.54, 1.807) is 30.5 Å². The van der Waals surface area contributed by atoms with Gasteiger partial charge in [-0.1, -0.05) is 12.1 Å². The molecule has 0 bridgehead atoms. The summed E-state index contributed by atoms with van der Waals surface area (Å²) in [6.07, 6.45) is 4.28. The molecule has 0 aliphatic heterocycles. The van der Waals surface area contributed by atoms with Crippen LogP contribution in [0.15, 0.2) is 41.6 Å². The molecule has 0 amide bonds. The molecule has 0 spiro atoms. The number of aromatic nitrogens is 2. The molecule has 0 radical (unpaired) electrons. The first-order valence-electron chi connectivity index (χ1n) is 5.17. The van der Waals surface area contributed by atoms with Crippen LogP contribution in [-0.4, -0.2) is 31.8 Å². The Morgan fingerprint density at radius 2 is 1.78 bits per heavy atom. The molecule has 0 unspecified atom stereocenters. The Hall–Kier alpha value is -1.95. The molecule has 0 atom stereocenters. The van der Waals surface area contributed by atoms with Crippen molar-refractivity contribution < 1.29 is 13.2 Å². The lowest BCUT2D eigenvalue weighted by atomic mass is 10.2. The molecule has 1 aromatic heterocycles. The lowest BCUT2D eigenvalue weighted by Gasteiger charge is -2.04. The van der Waals surface area contributed by atoms with Crippen molar-refractivity contribution in [1.29, 1.82) is 0 Å². The van der Waals surface area contributed by atoms with Crippen LogP contribution in [0.2, 0.25) is 0 Å². The minimum atomic E-state index is -3.18. The molecule has 1 heterocycles. The molecule has 6 heteroatoms. The van der Waals surface area contributed by atoms with Crippen molar-refractivity contribution in [3.05, 3.63) is 36.7 Å². The smallest absolute Gasteiger partial charge is 0.232 e. The Labute approximate surface area is 105 Å². The topological polar surface area (TPSA) is 69.2 Å². The van der Waals surface area contributed by atoms with E-state index in [0.717, 1.165) is 5.56 Å². The molecule has 5 nitrogen and oxygen atoms in total. The molecular formula is C12H12N2O3S. The Bertz CT molecular complexity index is 651. The number of sulfone groups is 1. The van der Waals surface area contributed by atoms with E-state index >= 15 is 0 Å². The normalized spacial score (nSPS) is 11.2. The summed E-state index contributed by atoms with van der Waals surface area (Å²) >= 11 is 0. The summed E-state index contributed by atoms with van der Waals surface area (Å²) in [5, 5.41) is 0. The van der Waals surface area contributed by atoms with Crippen molar-refractivity contribution >= 4 is 9.84 Å². The van der Waals surface area contributed by atoms with Crippen LogP contribution in [0, 0.1) is 0 Å². The minimum Gasteiger partial charge on any atom is -0.480 e.